The average Bonchev–Trinajstić information content (AvgIpc) is 3.34. The number of morpholine rings is 1. The first-order valence-electron chi connectivity index (χ1n) is 11.4. The van der Waals surface area contributed by atoms with Crippen molar-refractivity contribution >= 4 is 21.7 Å². The van der Waals surface area contributed by atoms with Crippen LogP contribution in [0.15, 0.2) is 59.5 Å². The highest BCUT2D eigenvalue weighted by atomic mass is 32.2. The van der Waals surface area contributed by atoms with Crippen LogP contribution >= 0.6 is 0 Å². The topological polar surface area (TPSA) is 84.9 Å². The van der Waals surface area contributed by atoms with E-state index in [1.54, 1.807) is 25.1 Å². The molecule has 2 aliphatic heterocycles. The number of allylic oxidation sites excluding steroid dienone is 2. The Bertz CT molecular complexity index is 1170. The van der Waals surface area contributed by atoms with Crippen molar-refractivity contribution in [1.82, 2.24) is 4.31 Å². The zero-order valence-electron chi connectivity index (χ0n) is 18.6. The third-order valence-electron chi connectivity index (χ3n) is 6.72. The number of ether oxygens (including phenoxy) is 2. The summed E-state index contributed by atoms with van der Waals surface area (Å²) in [6.07, 6.45) is 5.32. The highest BCUT2D eigenvalue weighted by Crippen LogP contribution is 2.50. The Morgan fingerprint density at radius 2 is 1.91 bits per heavy atom. The van der Waals surface area contributed by atoms with Gasteiger partial charge in [0.2, 0.25) is 10.0 Å². The minimum absolute atomic E-state index is 0.0473. The third-order valence-corrected chi connectivity index (χ3v) is 8.63. The zero-order valence-corrected chi connectivity index (χ0v) is 19.4. The first kappa shape index (κ1) is 22.1. The summed E-state index contributed by atoms with van der Waals surface area (Å²) in [5.74, 6) is 0.173. The fourth-order valence-electron chi connectivity index (χ4n) is 5.05. The monoisotopic (exact) mass is 468 g/mol. The molecule has 2 aromatic rings. The summed E-state index contributed by atoms with van der Waals surface area (Å²) in [4.78, 5) is 12.5. The van der Waals surface area contributed by atoms with Gasteiger partial charge in [-0.25, -0.2) is 13.2 Å². The van der Waals surface area contributed by atoms with Gasteiger partial charge in [0.1, 0.15) is 0 Å². The molecule has 2 aromatic carbocycles. The van der Waals surface area contributed by atoms with E-state index in [1.807, 2.05) is 24.3 Å². The molecule has 0 aromatic heterocycles. The summed E-state index contributed by atoms with van der Waals surface area (Å²) in [6, 6.07) is 13.0. The third kappa shape index (κ3) is 4.07. The molecule has 1 N–H and O–H groups in total. The molecule has 0 bridgehead atoms. The lowest BCUT2D eigenvalue weighted by Crippen LogP contribution is -2.40. The predicted molar refractivity (Wildman–Crippen MR) is 125 cm³/mol. The summed E-state index contributed by atoms with van der Waals surface area (Å²) in [6.45, 7) is 3.77. The number of fused-ring (bicyclic) bond motifs is 3. The van der Waals surface area contributed by atoms with Crippen molar-refractivity contribution in [2.45, 2.75) is 30.2 Å². The fraction of sp³-hybridized carbons (Fsp3) is 0.400. The molecule has 1 fully saturated rings. The number of rotatable bonds is 5. The Kier molecular flexibility index (Phi) is 5.99. The van der Waals surface area contributed by atoms with Crippen LogP contribution in [-0.2, 0) is 19.5 Å². The van der Waals surface area contributed by atoms with Crippen LogP contribution in [0.4, 0.5) is 5.69 Å². The number of nitrogens with zero attached hydrogens (tertiary/aromatic N) is 1. The maximum absolute atomic E-state index is 13.0. The van der Waals surface area contributed by atoms with E-state index in [2.05, 4.69) is 17.5 Å². The van der Waals surface area contributed by atoms with E-state index in [0.29, 0.717) is 43.4 Å². The number of carbonyl (C=O) groups is 1. The molecule has 33 heavy (non-hydrogen) atoms. The zero-order chi connectivity index (χ0) is 23.0. The quantitative estimate of drug-likeness (QED) is 0.532. The van der Waals surface area contributed by atoms with Crippen LogP contribution in [0.5, 0.6) is 0 Å². The van der Waals surface area contributed by atoms with Crippen LogP contribution in [0, 0.1) is 5.92 Å². The van der Waals surface area contributed by atoms with Crippen LogP contribution in [0.25, 0.3) is 0 Å². The maximum Gasteiger partial charge on any atom is 0.338 e. The number of anilines is 1. The van der Waals surface area contributed by atoms with Gasteiger partial charge in [-0.2, -0.15) is 4.31 Å². The van der Waals surface area contributed by atoms with Crippen LogP contribution in [-0.4, -0.2) is 51.6 Å². The minimum Gasteiger partial charge on any atom is -0.462 e. The Hall–Kier alpha value is -2.68. The van der Waals surface area contributed by atoms with E-state index >= 15 is 0 Å². The molecule has 2 heterocycles. The molecular formula is C25H28N2O5S. The molecule has 7 nitrogen and oxygen atoms in total. The van der Waals surface area contributed by atoms with E-state index in [9.17, 15) is 13.2 Å². The van der Waals surface area contributed by atoms with Gasteiger partial charge in [0, 0.05) is 24.7 Å². The maximum atomic E-state index is 13.0. The molecule has 1 saturated heterocycles. The number of benzene rings is 2. The molecule has 5 rings (SSSR count). The lowest BCUT2D eigenvalue weighted by molar-refractivity contribution is 0.0526. The van der Waals surface area contributed by atoms with Gasteiger partial charge in [0.05, 0.1) is 36.3 Å². The molecular weight excluding hydrogens is 440 g/mol. The van der Waals surface area contributed by atoms with E-state index in [4.69, 9.17) is 9.47 Å². The molecule has 0 spiro atoms. The highest BCUT2D eigenvalue weighted by molar-refractivity contribution is 7.89. The lowest BCUT2D eigenvalue weighted by atomic mass is 9.76. The Labute approximate surface area is 194 Å². The van der Waals surface area contributed by atoms with Crippen molar-refractivity contribution < 1.29 is 22.7 Å². The van der Waals surface area contributed by atoms with E-state index < -0.39 is 10.0 Å². The minimum atomic E-state index is -3.52. The first-order valence-corrected chi connectivity index (χ1v) is 12.8. The van der Waals surface area contributed by atoms with Crippen LogP contribution < -0.4 is 5.32 Å². The Morgan fingerprint density at radius 1 is 1.15 bits per heavy atom. The van der Waals surface area contributed by atoms with Crippen LogP contribution in [0.2, 0.25) is 0 Å². The number of carbonyl (C=O) groups excluding carboxylic acids is 1. The average molecular weight is 469 g/mol. The molecule has 3 atom stereocenters. The number of hydrogen-bond donors (Lipinski definition) is 1. The van der Waals surface area contributed by atoms with Gasteiger partial charge in [-0.1, -0.05) is 24.3 Å². The largest absolute Gasteiger partial charge is 0.462 e. The van der Waals surface area contributed by atoms with Gasteiger partial charge in [0.25, 0.3) is 0 Å². The number of nitrogens with one attached hydrogen (secondary N) is 1. The first-order chi connectivity index (χ1) is 16.0. The van der Waals surface area contributed by atoms with Crippen molar-refractivity contribution in [3.05, 3.63) is 71.3 Å². The molecule has 0 radical (unpaired) electrons. The summed E-state index contributed by atoms with van der Waals surface area (Å²) >= 11 is 0. The van der Waals surface area contributed by atoms with Crippen molar-refractivity contribution in [3.8, 4) is 0 Å². The summed E-state index contributed by atoms with van der Waals surface area (Å²) in [5.41, 5.74) is 3.70. The molecule has 3 aliphatic rings. The lowest BCUT2D eigenvalue weighted by Gasteiger charge is -2.37. The molecule has 0 amide bonds. The standard InChI is InChI=1S/C25H28N2O5S/c1-2-32-25(28)18-8-11-23-22(16-18)20-4-3-5-21(20)24(26-23)17-6-9-19(10-7-17)33(29,30)27-12-14-31-15-13-27/h3-4,6-11,16,20-21,24,26H,2,5,12-15H2,1H3/t20-,21+,24-/m1/s1. The summed E-state index contributed by atoms with van der Waals surface area (Å²) < 4.78 is 37.9. The number of sulfonamides is 1. The second-order valence-corrected chi connectivity index (χ2v) is 10.5. The molecule has 0 unspecified atom stereocenters. The van der Waals surface area contributed by atoms with Crippen molar-refractivity contribution in [2.75, 3.05) is 38.2 Å². The van der Waals surface area contributed by atoms with Gasteiger partial charge in [-0.15, -0.1) is 0 Å². The SMILES string of the molecule is CCOC(=O)c1ccc2c(c1)[C@@H]1C=CC[C@@H]1[C@@H](c1ccc(S(=O)(=O)N3CCOCC3)cc1)N2. The van der Waals surface area contributed by atoms with Gasteiger partial charge in [-0.05, 0) is 60.7 Å². The smallest absolute Gasteiger partial charge is 0.338 e. The van der Waals surface area contributed by atoms with Gasteiger partial charge < -0.3 is 14.8 Å². The number of hydrogen-bond acceptors (Lipinski definition) is 6. The van der Waals surface area contributed by atoms with E-state index in [0.717, 1.165) is 23.2 Å². The van der Waals surface area contributed by atoms with Gasteiger partial charge in [0.15, 0.2) is 0 Å². The van der Waals surface area contributed by atoms with Crippen molar-refractivity contribution in [1.29, 1.82) is 0 Å². The second-order valence-electron chi connectivity index (χ2n) is 8.58. The predicted octanol–water partition coefficient (Wildman–Crippen LogP) is 3.71. The normalized spacial score (nSPS) is 24.6. The second kappa shape index (κ2) is 8.93. The summed E-state index contributed by atoms with van der Waals surface area (Å²) in [5, 5.41) is 3.64. The Balaban J connectivity index is 1.41. The number of esters is 1. The van der Waals surface area contributed by atoms with Crippen molar-refractivity contribution in [2.24, 2.45) is 5.92 Å². The Morgan fingerprint density at radius 3 is 2.64 bits per heavy atom. The molecule has 0 saturated carbocycles. The van der Waals surface area contributed by atoms with Crippen LogP contribution in [0.3, 0.4) is 0 Å². The van der Waals surface area contributed by atoms with Gasteiger partial charge in [-0.3, -0.25) is 0 Å². The highest BCUT2D eigenvalue weighted by Gasteiger charge is 2.38. The van der Waals surface area contributed by atoms with E-state index in [-0.39, 0.29) is 23.8 Å². The molecule has 174 valence electrons. The molecule has 8 heteroatoms. The summed E-state index contributed by atoms with van der Waals surface area (Å²) in [7, 11) is -3.52. The molecule has 1 aliphatic carbocycles. The van der Waals surface area contributed by atoms with Crippen molar-refractivity contribution in [3.63, 3.8) is 0 Å². The van der Waals surface area contributed by atoms with E-state index in [1.165, 1.54) is 4.31 Å². The van der Waals surface area contributed by atoms with Gasteiger partial charge >= 0.3 is 5.97 Å². The van der Waals surface area contributed by atoms with Crippen LogP contribution in [0.1, 0.15) is 46.8 Å². The fourth-order valence-corrected chi connectivity index (χ4v) is 6.46.